The van der Waals surface area contributed by atoms with Gasteiger partial charge in [-0.05, 0) is 70.2 Å². The van der Waals surface area contributed by atoms with Gasteiger partial charge in [-0.1, -0.05) is 19.9 Å². The molecule has 5 atom stereocenters. The van der Waals surface area contributed by atoms with E-state index in [4.69, 9.17) is 32.5 Å². The number of anilines is 1. The molecule has 0 fully saturated rings. The molecule has 0 saturated carbocycles. The molecule has 3 rings (SSSR count). The van der Waals surface area contributed by atoms with Crippen LogP contribution in [-0.2, 0) is 54.4 Å². The van der Waals surface area contributed by atoms with Crippen LogP contribution in [-0.4, -0.2) is 138 Å². The molecule has 1 aromatic carbocycles. The third kappa shape index (κ3) is 15.6. The topological polar surface area (TPSA) is 312 Å². The number of ether oxygens (including phenoxy) is 4. The first kappa shape index (κ1) is 50.5. The van der Waals surface area contributed by atoms with Crippen LogP contribution in [0.5, 0.6) is 5.75 Å². The highest BCUT2D eigenvalue weighted by atomic mass is 16.7. The van der Waals surface area contributed by atoms with Crippen LogP contribution in [0.15, 0.2) is 42.2 Å². The lowest BCUT2D eigenvalue weighted by Gasteiger charge is -2.31. The minimum atomic E-state index is -1.74. The number of benzene rings is 1. The smallest absolute Gasteiger partial charge is 0.371 e. The Labute approximate surface area is 359 Å². The van der Waals surface area contributed by atoms with Crippen LogP contribution in [0.25, 0.3) is 0 Å². The Bertz CT molecular complexity index is 1880. The molecule has 9 N–H and O–H groups in total. The minimum Gasteiger partial charge on any atom is -0.475 e. The molecule has 1 aromatic rings. The number of carbonyl (C=O) groups excluding carboxylic acids is 7. The van der Waals surface area contributed by atoms with E-state index in [1.54, 1.807) is 13.8 Å². The number of carbonyl (C=O) groups is 8. The van der Waals surface area contributed by atoms with Crippen LogP contribution >= 0.6 is 0 Å². The normalized spacial score (nSPS) is 18.5. The van der Waals surface area contributed by atoms with Crippen LogP contribution in [0.3, 0.4) is 0 Å². The molecule has 0 spiro atoms. The van der Waals surface area contributed by atoms with Gasteiger partial charge in [-0.15, -0.1) is 0 Å². The number of nitrogens with two attached hydrogens (primary N) is 1. The lowest BCUT2D eigenvalue weighted by molar-refractivity contribution is -0.172. The average molecular weight is 871 g/mol. The Balaban J connectivity index is 1.68. The molecule has 2 heterocycles. The molecule has 2 aliphatic heterocycles. The maximum absolute atomic E-state index is 13.5. The lowest BCUT2D eigenvalue weighted by Crippen LogP contribution is -2.57. The summed E-state index contributed by atoms with van der Waals surface area (Å²) in [5.74, 6) is -7.49. The number of aliphatic carboxylic acids is 1. The van der Waals surface area contributed by atoms with Gasteiger partial charge in [0.15, 0.2) is 6.10 Å². The van der Waals surface area contributed by atoms with Crippen molar-refractivity contribution in [2.45, 2.75) is 110 Å². The Morgan fingerprint density at radius 3 is 2.26 bits per heavy atom. The van der Waals surface area contributed by atoms with Crippen LogP contribution in [0, 0.1) is 5.41 Å². The van der Waals surface area contributed by atoms with Gasteiger partial charge in [0.1, 0.15) is 30.5 Å². The molecule has 0 bridgehead atoms. The zero-order chi connectivity index (χ0) is 46.4. The van der Waals surface area contributed by atoms with Crippen LogP contribution < -0.4 is 31.7 Å². The first-order valence-electron chi connectivity index (χ1n) is 19.8. The summed E-state index contributed by atoms with van der Waals surface area (Å²) >= 11 is 0. The fourth-order valence-corrected chi connectivity index (χ4v) is 5.87. The van der Waals surface area contributed by atoms with E-state index in [1.807, 2.05) is 20.8 Å². The highest BCUT2D eigenvalue weighted by Crippen LogP contribution is 2.31. The number of rotatable bonds is 23. The predicted molar refractivity (Wildman–Crippen MR) is 219 cm³/mol. The van der Waals surface area contributed by atoms with Crippen molar-refractivity contribution in [2.24, 2.45) is 11.1 Å². The van der Waals surface area contributed by atoms with E-state index >= 15 is 0 Å². The fourth-order valence-electron chi connectivity index (χ4n) is 5.87. The minimum absolute atomic E-state index is 0.0450. The van der Waals surface area contributed by atoms with Gasteiger partial charge in [0, 0.05) is 50.2 Å². The molecule has 338 valence electrons. The molecule has 1 unspecified atom stereocenters. The van der Waals surface area contributed by atoms with Crippen molar-refractivity contribution >= 4 is 60.8 Å². The van der Waals surface area contributed by atoms with Crippen LogP contribution in [0.1, 0.15) is 72.3 Å². The first-order valence-corrected chi connectivity index (χ1v) is 19.8. The maximum Gasteiger partial charge on any atom is 0.371 e. The van der Waals surface area contributed by atoms with E-state index in [1.165, 1.54) is 18.2 Å². The van der Waals surface area contributed by atoms with E-state index in [-0.39, 0.29) is 55.5 Å². The summed E-state index contributed by atoms with van der Waals surface area (Å²) in [4.78, 5) is 101. The second kappa shape index (κ2) is 22.8. The number of nitrogens with one attached hydrogen (secondary N) is 4. The van der Waals surface area contributed by atoms with Crippen LogP contribution in [0.2, 0.25) is 0 Å². The van der Waals surface area contributed by atoms with Gasteiger partial charge in [0.2, 0.25) is 43.1 Å². The number of carboxylic acids is 1. The quantitative estimate of drug-likeness (QED) is 0.0395. The number of carboxylic acid groups (broad SMARTS) is 1. The second-order valence-corrected chi connectivity index (χ2v) is 16.0. The Hall–Kier alpha value is -5.84. The van der Waals surface area contributed by atoms with E-state index in [0.717, 1.165) is 18.2 Å². The van der Waals surface area contributed by atoms with E-state index in [9.17, 15) is 53.7 Å². The fraction of sp³-hybridized carbons (Fsp3) is 0.550. The number of aliphatic hydroxyl groups excluding tert-OH is 2. The highest BCUT2D eigenvalue weighted by Gasteiger charge is 2.38. The van der Waals surface area contributed by atoms with Gasteiger partial charge in [0.05, 0.1) is 11.3 Å². The zero-order valence-corrected chi connectivity index (χ0v) is 35.3. The second-order valence-electron chi connectivity index (χ2n) is 16.0. The summed E-state index contributed by atoms with van der Waals surface area (Å²) in [5, 5.41) is 40.4. The molecule has 21 nitrogen and oxygen atoms in total. The number of nitrogens with zero attached hydrogens (tertiary/aromatic N) is 1. The summed E-state index contributed by atoms with van der Waals surface area (Å²) in [6, 6.07) is 1.36. The first-order chi connectivity index (χ1) is 29.0. The standard InChI is InChI=1S/C40H55BN6O15/c1-39(2,3)60-17-14-40(4,5)37(57)44-15-7-6-8-23(46-34(54)25(20-42)47-30(50)11-12-31(47)51)33(53)43-16-13-29(49)45-24-18-22(21-59-38(41)58)9-10-27(24)61-36-32(52)26(48)19-28(62-36)35(55)56/h9-12,18-19,23,25-26,32,36,48,52H,6-8,13-17,20-21,42H2,1-5H3,(H,43,53)(H,44,57)(H,45,49)(H,46,54)(H,55,56)/t23-,25?,26-,32+,36+/m0/s1. The molecular formula is C40H55BN6O15. The van der Waals surface area contributed by atoms with E-state index < -0.39 is 89.7 Å². The monoisotopic (exact) mass is 870 g/mol. The number of unbranched alkanes of at least 4 members (excludes halogenated alkanes) is 1. The number of imide groups is 1. The average Bonchev–Trinajstić information content (AvgIpc) is 3.51. The van der Waals surface area contributed by atoms with Gasteiger partial charge in [0.25, 0.3) is 18.1 Å². The molecule has 0 saturated heterocycles. The molecule has 2 radical (unpaired) electrons. The number of hydrogen-bond donors (Lipinski definition) is 8. The predicted octanol–water partition coefficient (Wildman–Crippen LogP) is -0.383. The largest absolute Gasteiger partial charge is 0.475 e. The lowest BCUT2D eigenvalue weighted by atomic mass is 9.88. The van der Waals surface area contributed by atoms with Crippen LogP contribution in [0.4, 0.5) is 10.5 Å². The van der Waals surface area contributed by atoms with Crippen molar-refractivity contribution in [2.75, 3.05) is 31.6 Å². The van der Waals surface area contributed by atoms with Gasteiger partial charge >= 0.3 is 5.97 Å². The van der Waals surface area contributed by atoms with Gasteiger partial charge in [-0.3, -0.25) is 38.5 Å². The molecule has 6 amide bonds. The number of amides is 6. The maximum atomic E-state index is 13.5. The third-order valence-corrected chi connectivity index (χ3v) is 9.39. The summed E-state index contributed by atoms with van der Waals surface area (Å²) < 4.78 is 21.4. The summed E-state index contributed by atoms with van der Waals surface area (Å²) in [5.41, 5.74) is 4.94. The summed E-state index contributed by atoms with van der Waals surface area (Å²) in [6.07, 6.45) is -1.52. The molecule has 22 heteroatoms. The highest BCUT2D eigenvalue weighted by molar-refractivity contribution is 6.55. The summed E-state index contributed by atoms with van der Waals surface area (Å²) in [6.45, 7) is 8.96. The van der Waals surface area contributed by atoms with E-state index in [2.05, 4.69) is 21.3 Å². The number of hydrogen-bond acceptors (Lipinski definition) is 15. The molecule has 0 aliphatic carbocycles. The van der Waals surface area contributed by atoms with Gasteiger partial charge in [-0.25, -0.2) is 4.79 Å². The van der Waals surface area contributed by atoms with Crippen molar-refractivity contribution in [1.82, 2.24) is 20.9 Å². The van der Waals surface area contributed by atoms with Gasteiger partial charge in [-0.2, -0.15) is 0 Å². The molecule has 62 heavy (non-hydrogen) atoms. The van der Waals surface area contributed by atoms with Gasteiger partial charge < -0.3 is 61.3 Å². The molecular weight excluding hydrogens is 815 g/mol. The molecule has 0 aromatic heterocycles. The van der Waals surface area contributed by atoms with E-state index in [0.29, 0.717) is 36.3 Å². The SMILES string of the molecule is [B]C(=O)OCc1ccc(O[C@@H]2OC(C(=O)O)=C[C@H](O)[C@H]2O)c(NC(=O)CCNC(=O)[C@H](CCCCNC(=O)C(C)(C)CCOC(C)(C)C)NC(=O)C(CN)N2C(=O)C=CC2=O)c1. The Morgan fingerprint density at radius 1 is 0.968 bits per heavy atom. The Kier molecular flexibility index (Phi) is 18.6. The van der Waals surface area contributed by atoms with Crippen molar-refractivity contribution < 1.29 is 72.6 Å². The van der Waals surface area contributed by atoms with Crippen molar-refractivity contribution in [1.29, 1.82) is 0 Å². The number of aliphatic hydroxyl groups is 2. The van der Waals surface area contributed by atoms with Crippen molar-refractivity contribution in [3.05, 3.63) is 47.7 Å². The Morgan fingerprint density at radius 2 is 1.65 bits per heavy atom. The summed E-state index contributed by atoms with van der Waals surface area (Å²) in [7, 11) is 5.07. The molecule has 2 aliphatic rings. The van der Waals surface area contributed by atoms with Crippen molar-refractivity contribution in [3.8, 4) is 5.75 Å². The zero-order valence-electron chi connectivity index (χ0n) is 35.3. The van der Waals surface area contributed by atoms with Crippen molar-refractivity contribution in [3.63, 3.8) is 0 Å². The third-order valence-electron chi connectivity index (χ3n) is 9.39.